The van der Waals surface area contributed by atoms with E-state index in [2.05, 4.69) is 23.4 Å². The average molecular weight is 335 g/mol. The molecule has 5 nitrogen and oxygen atoms in total. The number of para-hydroxylation sites is 1. The van der Waals surface area contributed by atoms with Crippen LogP contribution in [-0.2, 0) is 13.0 Å². The number of hydrogen-bond donors (Lipinski definition) is 1. The summed E-state index contributed by atoms with van der Waals surface area (Å²) in [6, 6.07) is 16.0. The van der Waals surface area contributed by atoms with Crippen molar-refractivity contribution in [2.45, 2.75) is 32.0 Å². The topological polar surface area (TPSA) is 56.2 Å². The van der Waals surface area contributed by atoms with Gasteiger partial charge < -0.3 is 10.1 Å². The second-order valence-electron chi connectivity index (χ2n) is 6.61. The highest BCUT2D eigenvalue weighted by Gasteiger charge is 2.21. The van der Waals surface area contributed by atoms with E-state index in [1.165, 1.54) is 10.2 Å². The maximum Gasteiger partial charge on any atom is 0.274 e. The van der Waals surface area contributed by atoms with Crippen molar-refractivity contribution >= 4 is 10.8 Å². The van der Waals surface area contributed by atoms with Gasteiger partial charge in [-0.15, -0.1) is 0 Å². The van der Waals surface area contributed by atoms with Gasteiger partial charge in [-0.25, -0.2) is 4.68 Å². The zero-order valence-electron chi connectivity index (χ0n) is 14.2. The molecule has 1 aromatic heterocycles. The van der Waals surface area contributed by atoms with E-state index in [0.29, 0.717) is 18.5 Å². The number of nitrogens with one attached hydrogen (secondary N) is 1. The van der Waals surface area contributed by atoms with Gasteiger partial charge in [0.05, 0.1) is 18.1 Å². The van der Waals surface area contributed by atoms with Crippen molar-refractivity contribution in [1.29, 1.82) is 0 Å². The minimum Gasteiger partial charge on any atom is -0.492 e. The SMILES string of the molecule is CC(Cn1ncc2ccccc2c1=O)NC1COc2ccccc2C1. The molecule has 25 heavy (non-hydrogen) atoms. The number of rotatable bonds is 4. The lowest BCUT2D eigenvalue weighted by Crippen LogP contribution is -2.46. The Morgan fingerprint density at radius 3 is 2.96 bits per heavy atom. The van der Waals surface area contributed by atoms with Crippen LogP contribution in [0.5, 0.6) is 5.75 Å². The monoisotopic (exact) mass is 335 g/mol. The minimum atomic E-state index is -0.0445. The van der Waals surface area contributed by atoms with Crippen LogP contribution in [0.3, 0.4) is 0 Å². The molecule has 0 amide bonds. The molecule has 4 rings (SSSR count). The molecule has 0 bridgehead atoms. The summed E-state index contributed by atoms with van der Waals surface area (Å²) in [6.07, 6.45) is 2.68. The first-order valence-corrected chi connectivity index (χ1v) is 8.62. The Balaban J connectivity index is 1.45. The Kier molecular flexibility index (Phi) is 4.24. The molecule has 3 aromatic rings. The van der Waals surface area contributed by atoms with E-state index in [9.17, 15) is 4.79 Å². The van der Waals surface area contributed by atoms with Crippen LogP contribution in [-0.4, -0.2) is 28.5 Å². The highest BCUT2D eigenvalue weighted by molar-refractivity contribution is 5.80. The molecule has 128 valence electrons. The van der Waals surface area contributed by atoms with Crippen molar-refractivity contribution in [3.05, 3.63) is 70.6 Å². The van der Waals surface area contributed by atoms with Crippen molar-refractivity contribution in [2.24, 2.45) is 0 Å². The van der Waals surface area contributed by atoms with E-state index in [4.69, 9.17) is 4.74 Å². The molecule has 0 spiro atoms. The zero-order valence-corrected chi connectivity index (χ0v) is 14.2. The van der Waals surface area contributed by atoms with Gasteiger partial charge in [0.2, 0.25) is 0 Å². The summed E-state index contributed by atoms with van der Waals surface area (Å²) in [7, 11) is 0. The Morgan fingerprint density at radius 1 is 1.24 bits per heavy atom. The number of hydrogen-bond acceptors (Lipinski definition) is 4. The fraction of sp³-hybridized carbons (Fsp3) is 0.300. The Bertz CT molecular complexity index is 951. The van der Waals surface area contributed by atoms with Crippen LogP contribution in [0.1, 0.15) is 12.5 Å². The zero-order chi connectivity index (χ0) is 17.2. The van der Waals surface area contributed by atoms with Crippen molar-refractivity contribution in [2.75, 3.05) is 6.61 Å². The lowest BCUT2D eigenvalue weighted by Gasteiger charge is -2.28. The van der Waals surface area contributed by atoms with Crippen molar-refractivity contribution in [3.8, 4) is 5.75 Å². The Labute approximate surface area is 146 Å². The van der Waals surface area contributed by atoms with Gasteiger partial charge in [-0.3, -0.25) is 4.79 Å². The molecular formula is C20H21N3O2. The number of nitrogens with zero attached hydrogens (tertiary/aromatic N) is 2. The smallest absolute Gasteiger partial charge is 0.274 e. The highest BCUT2D eigenvalue weighted by atomic mass is 16.5. The van der Waals surface area contributed by atoms with Gasteiger partial charge in [0.25, 0.3) is 5.56 Å². The maximum atomic E-state index is 12.6. The van der Waals surface area contributed by atoms with Crippen LogP contribution in [0.2, 0.25) is 0 Å². The van der Waals surface area contributed by atoms with E-state index in [1.54, 1.807) is 6.20 Å². The molecule has 2 aromatic carbocycles. The van der Waals surface area contributed by atoms with Crippen LogP contribution >= 0.6 is 0 Å². The summed E-state index contributed by atoms with van der Waals surface area (Å²) in [6.45, 7) is 3.24. The normalized spacial score (nSPS) is 17.7. The fourth-order valence-corrected chi connectivity index (χ4v) is 3.41. The molecule has 0 aliphatic carbocycles. The second-order valence-corrected chi connectivity index (χ2v) is 6.61. The molecule has 1 aliphatic rings. The van der Waals surface area contributed by atoms with Gasteiger partial charge in [-0.05, 0) is 31.0 Å². The standard InChI is InChI=1S/C20H21N3O2/c1-14(22-17-10-15-6-3-5-9-19(15)25-13-17)12-23-20(24)18-8-4-2-7-16(18)11-21-23/h2-9,11,14,17,22H,10,12-13H2,1H3. The molecule has 2 atom stereocenters. The first kappa shape index (κ1) is 15.8. The van der Waals surface area contributed by atoms with Gasteiger partial charge in [-0.1, -0.05) is 36.4 Å². The predicted octanol–water partition coefficient (Wildman–Crippen LogP) is 2.38. The molecule has 1 N–H and O–H groups in total. The molecule has 5 heteroatoms. The molecule has 2 unspecified atom stereocenters. The van der Waals surface area contributed by atoms with E-state index < -0.39 is 0 Å². The van der Waals surface area contributed by atoms with Crippen molar-refractivity contribution in [1.82, 2.24) is 15.1 Å². The third-order valence-corrected chi connectivity index (χ3v) is 4.61. The van der Waals surface area contributed by atoms with E-state index in [0.717, 1.165) is 17.6 Å². The average Bonchev–Trinajstić information content (AvgIpc) is 2.64. The highest BCUT2D eigenvalue weighted by Crippen LogP contribution is 2.24. The third kappa shape index (κ3) is 3.28. The van der Waals surface area contributed by atoms with Crippen LogP contribution in [0, 0.1) is 0 Å². The number of benzene rings is 2. The Morgan fingerprint density at radius 2 is 2.04 bits per heavy atom. The first-order valence-electron chi connectivity index (χ1n) is 8.62. The summed E-state index contributed by atoms with van der Waals surface area (Å²) < 4.78 is 7.36. The molecule has 0 saturated carbocycles. The van der Waals surface area contributed by atoms with Crippen LogP contribution in [0.25, 0.3) is 10.8 Å². The summed E-state index contributed by atoms with van der Waals surface area (Å²) >= 11 is 0. The van der Waals surface area contributed by atoms with Crippen LogP contribution in [0.15, 0.2) is 59.5 Å². The van der Waals surface area contributed by atoms with Crippen molar-refractivity contribution < 1.29 is 4.74 Å². The molecule has 0 saturated heterocycles. The summed E-state index contributed by atoms with van der Waals surface area (Å²) in [5, 5.41) is 9.45. The first-order chi connectivity index (χ1) is 12.2. The minimum absolute atomic E-state index is 0.0445. The summed E-state index contributed by atoms with van der Waals surface area (Å²) in [4.78, 5) is 12.6. The molecule has 0 radical (unpaired) electrons. The van der Waals surface area contributed by atoms with E-state index in [1.807, 2.05) is 42.5 Å². The number of ether oxygens (including phenoxy) is 1. The van der Waals surface area contributed by atoms with Gasteiger partial charge in [-0.2, -0.15) is 5.10 Å². The summed E-state index contributed by atoms with van der Waals surface area (Å²) in [5.74, 6) is 0.973. The number of aromatic nitrogens is 2. The van der Waals surface area contributed by atoms with Gasteiger partial charge in [0.15, 0.2) is 0 Å². The summed E-state index contributed by atoms with van der Waals surface area (Å²) in [5.41, 5.74) is 1.18. The largest absolute Gasteiger partial charge is 0.492 e. The lowest BCUT2D eigenvalue weighted by atomic mass is 10.0. The van der Waals surface area contributed by atoms with Gasteiger partial charge in [0, 0.05) is 17.5 Å². The molecule has 1 aliphatic heterocycles. The third-order valence-electron chi connectivity index (χ3n) is 4.61. The second kappa shape index (κ2) is 6.69. The van der Waals surface area contributed by atoms with Gasteiger partial charge >= 0.3 is 0 Å². The van der Waals surface area contributed by atoms with Crippen LogP contribution in [0.4, 0.5) is 0 Å². The van der Waals surface area contributed by atoms with E-state index in [-0.39, 0.29) is 17.6 Å². The van der Waals surface area contributed by atoms with Crippen molar-refractivity contribution in [3.63, 3.8) is 0 Å². The molecular weight excluding hydrogens is 314 g/mol. The molecule has 2 heterocycles. The number of fused-ring (bicyclic) bond motifs is 2. The van der Waals surface area contributed by atoms with Gasteiger partial charge in [0.1, 0.15) is 12.4 Å². The quantitative estimate of drug-likeness (QED) is 0.795. The van der Waals surface area contributed by atoms with E-state index >= 15 is 0 Å². The lowest BCUT2D eigenvalue weighted by molar-refractivity contribution is 0.224. The molecule has 0 fully saturated rings. The Hall–Kier alpha value is -2.66. The fourth-order valence-electron chi connectivity index (χ4n) is 3.41. The predicted molar refractivity (Wildman–Crippen MR) is 98.0 cm³/mol. The van der Waals surface area contributed by atoms with Crippen LogP contribution < -0.4 is 15.6 Å². The maximum absolute atomic E-state index is 12.6.